The fourth-order valence-corrected chi connectivity index (χ4v) is 3.09. The molecule has 0 aromatic rings. The molecule has 0 unspecified atom stereocenters. The van der Waals surface area contributed by atoms with Gasteiger partial charge in [0.1, 0.15) is 18.1 Å². The van der Waals surface area contributed by atoms with Crippen LogP contribution in [0.1, 0.15) is 59.8 Å². The van der Waals surface area contributed by atoms with Crippen LogP contribution in [0, 0.1) is 11.8 Å². The summed E-state index contributed by atoms with van der Waals surface area (Å²) in [5.41, 5.74) is 11.3. The van der Waals surface area contributed by atoms with Gasteiger partial charge in [-0.3, -0.25) is 14.4 Å². The van der Waals surface area contributed by atoms with Gasteiger partial charge in [0.15, 0.2) is 0 Å². The molecule has 0 bridgehead atoms. The summed E-state index contributed by atoms with van der Waals surface area (Å²) in [5, 5.41) is 26.3. The highest BCUT2D eigenvalue weighted by Crippen LogP contribution is 2.08. The van der Waals surface area contributed by atoms with E-state index in [2.05, 4.69) is 16.0 Å². The Kier molecular flexibility index (Phi) is 14.5. The van der Waals surface area contributed by atoms with Crippen molar-refractivity contribution < 1.29 is 29.4 Å². The smallest absolute Gasteiger partial charge is 0.326 e. The quantitative estimate of drug-likeness (QED) is 0.144. The molecule has 0 aromatic heterocycles. The second-order valence-corrected chi connectivity index (χ2v) is 8.85. The molecule has 0 saturated heterocycles. The van der Waals surface area contributed by atoms with Crippen LogP contribution in [0.15, 0.2) is 0 Å². The van der Waals surface area contributed by atoms with Gasteiger partial charge in [-0.05, 0) is 50.5 Å². The van der Waals surface area contributed by atoms with E-state index in [-0.39, 0.29) is 24.7 Å². The number of carboxylic acids is 1. The number of hydrogen-bond donors (Lipinski definition) is 7. The average Bonchev–Trinajstić information content (AvgIpc) is 2.69. The molecule has 0 heterocycles. The third-order valence-electron chi connectivity index (χ3n) is 4.78. The highest BCUT2D eigenvalue weighted by atomic mass is 16.4. The number of aliphatic hydroxyl groups excluding tert-OH is 1. The first kappa shape index (κ1) is 29.8. The summed E-state index contributed by atoms with van der Waals surface area (Å²) in [4.78, 5) is 49.1. The first-order valence-corrected chi connectivity index (χ1v) is 11.1. The molecule has 32 heavy (non-hydrogen) atoms. The van der Waals surface area contributed by atoms with E-state index in [0.29, 0.717) is 25.8 Å². The van der Waals surface area contributed by atoms with Crippen molar-refractivity contribution in [2.45, 2.75) is 84.0 Å². The lowest BCUT2D eigenvalue weighted by Gasteiger charge is -2.25. The van der Waals surface area contributed by atoms with Crippen molar-refractivity contribution in [2.75, 3.05) is 13.2 Å². The molecule has 0 aliphatic rings. The van der Waals surface area contributed by atoms with Gasteiger partial charge in [-0.25, -0.2) is 4.79 Å². The first-order valence-electron chi connectivity index (χ1n) is 11.1. The lowest BCUT2D eigenvalue weighted by atomic mass is 10.0. The molecule has 9 N–H and O–H groups in total. The Labute approximate surface area is 190 Å². The molecule has 0 aromatic carbocycles. The predicted molar refractivity (Wildman–Crippen MR) is 120 cm³/mol. The van der Waals surface area contributed by atoms with Gasteiger partial charge in [-0.1, -0.05) is 27.7 Å². The SMILES string of the molecule is CC(C)C[C@H](N)C(=O)N[C@H](CO)C(=O)N[C@H](CCCCN)C(=O)N[C@H](CC(C)C)C(=O)O. The fourth-order valence-electron chi connectivity index (χ4n) is 3.09. The molecule has 0 rings (SSSR count). The Morgan fingerprint density at radius 1 is 0.781 bits per heavy atom. The van der Waals surface area contributed by atoms with Gasteiger partial charge in [0.05, 0.1) is 12.6 Å². The van der Waals surface area contributed by atoms with Crippen molar-refractivity contribution in [2.24, 2.45) is 23.3 Å². The molecule has 4 atom stereocenters. The Morgan fingerprint density at radius 2 is 1.28 bits per heavy atom. The zero-order valence-corrected chi connectivity index (χ0v) is 19.6. The topological polar surface area (TPSA) is 197 Å². The highest BCUT2D eigenvalue weighted by molar-refractivity contribution is 5.94. The van der Waals surface area contributed by atoms with Gasteiger partial charge >= 0.3 is 5.97 Å². The van der Waals surface area contributed by atoms with Crippen LogP contribution in [-0.4, -0.2) is 71.2 Å². The molecule has 0 aliphatic heterocycles. The fraction of sp³-hybridized carbons (Fsp3) is 0.810. The van der Waals surface area contributed by atoms with Crippen LogP contribution in [0.5, 0.6) is 0 Å². The Hall–Kier alpha value is -2.24. The number of carbonyl (C=O) groups is 4. The summed E-state index contributed by atoms with van der Waals surface area (Å²) < 4.78 is 0. The minimum absolute atomic E-state index is 0.0331. The molecular formula is C21H41N5O6. The monoisotopic (exact) mass is 459 g/mol. The van der Waals surface area contributed by atoms with E-state index < -0.39 is 54.5 Å². The van der Waals surface area contributed by atoms with Crippen LogP contribution < -0.4 is 27.4 Å². The van der Waals surface area contributed by atoms with Crippen LogP contribution in [0.4, 0.5) is 0 Å². The average molecular weight is 460 g/mol. The van der Waals surface area contributed by atoms with Crippen LogP contribution >= 0.6 is 0 Å². The van der Waals surface area contributed by atoms with Gasteiger partial charge in [0.25, 0.3) is 0 Å². The van der Waals surface area contributed by atoms with Crippen molar-refractivity contribution in [1.29, 1.82) is 0 Å². The minimum atomic E-state index is -1.29. The lowest BCUT2D eigenvalue weighted by Crippen LogP contribution is -2.58. The maximum absolute atomic E-state index is 12.7. The number of nitrogens with one attached hydrogen (secondary N) is 3. The van der Waals surface area contributed by atoms with Crippen molar-refractivity contribution in [3.05, 3.63) is 0 Å². The Morgan fingerprint density at radius 3 is 1.75 bits per heavy atom. The third-order valence-corrected chi connectivity index (χ3v) is 4.78. The summed E-state index contributed by atoms with van der Waals surface area (Å²) in [6, 6.07) is -4.28. The van der Waals surface area contributed by atoms with Crippen molar-refractivity contribution in [3.63, 3.8) is 0 Å². The number of amides is 3. The van der Waals surface area contributed by atoms with E-state index in [1.165, 1.54) is 0 Å². The molecule has 3 amide bonds. The summed E-state index contributed by atoms with van der Waals surface area (Å²) in [7, 11) is 0. The number of carboxylic acid groups (broad SMARTS) is 1. The van der Waals surface area contributed by atoms with Gasteiger partial charge in [0, 0.05) is 0 Å². The van der Waals surface area contributed by atoms with Crippen LogP contribution in [-0.2, 0) is 19.2 Å². The van der Waals surface area contributed by atoms with E-state index in [1.54, 1.807) is 0 Å². The van der Waals surface area contributed by atoms with Crippen LogP contribution in [0.2, 0.25) is 0 Å². The van der Waals surface area contributed by atoms with Crippen LogP contribution in [0.3, 0.4) is 0 Å². The molecule has 11 nitrogen and oxygen atoms in total. The number of aliphatic carboxylic acids is 1. The molecule has 0 radical (unpaired) electrons. The van der Waals surface area contributed by atoms with Crippen molar-refractivity contribution in [3.8, 4) is 0 Å². The van der Waals surface area contributed by atoms with Crippen molar-refractivity contribution in [1.82, 2.24) is 16.0 Å². The maximum Gasteiger partial charge on any atom is 0.326 e. The standard InChI is InChI=1S/C21H41N5O6/c1-12(2)9-14(23)18(28)26-17(11-27)20(30)24-15(7-5-6-8-22)19(29)25-16(21(31)32)10-13(3)4/h12-17,27H,5-11,22-23H2,1-4H3,(H,24,30)(H,25,29)(H,26,28)(H,31,32)/t14-,15+,16+,17+/m0/s1. The first-order chi connectivity index (χ1) is 14.9. The van der Waals surface area contributed by atoms with E-state index in [0.717, 1.165) is 0 Å². The molecule has 0 fully saturated rings. The largest absolute Gasteiger partial charge is 0.480 e. The molecule has 11 heteroatoms. The number of hydrogen-bond acceptors (Lipinski definition) is 7. The molecule has 0 aliphatic carbocycles. The second kappa shape index (κ2) is 15.5. The second-order valence-electron chi connectivity index (χ2n) is 8.85. The zero-order valence-electron chi connectivity index (χ0n) is 19.6. The number of nitrogens with two attached hydrogens (primary N) is 2. The molecule has 0 saturated carbocycles. The number of rotatable bonds is 16. The summed E-state index contributed by atoms with van der Waals surface area (Å²) in [5.74, 6) is -2.96. The third kappa shape index (κ3) is 12.0. The lowest BCUT2D eigenvalue weighted by molar-refractivity contribution is -0.143. The van der Waals surface area contributed by atoms with E-state index >= 15 is 0 Å². The van der Waals surface area contributed by atoms with E-state index in [4.69, 9.17) is 11.5 Å². The Balaban J connectivity index is 5.26. The molecular weight excluding hydrogens is 418 g/mol. The molecule has 0 spiro atoms. The van der Waals surface area contributed by atoms with E-state index in [9.17, 15) is 29.4 Å². The van der Waals surface area contributed by atoms with Crippen LogP contribution in [0.25, 0.3) is 0 Å². The normalized spacial score (nSPS) is 15.0. The summed E-state index contributed by atoms with van der Waals surface area (Å²) in [6.45, 7) is 7.18. The van der Waals surface area contributed by atoms with Gasteiger partial charge in [-0.2, -0.15) is 0 Å². The predicted octanol–water partition coefficient (Wildman–Crippen LogP) is -0.934. The van der Waals surface area contributed by atoms with Gasteiger partial charge in [0.2, 0.25) is 17.7 Å². The highest BCUT2D eigenvalue weighted by Gasteiger charge is 2.30. The molecule has 186 valence electrons. The zero-order chi connectivity index (χ0) is 24.8. The number of carbonyl (C=O) groups excluding carboxylic acids is 3. The van der Waals surface area contributed by atoms with Gasteiger partial charge in [-0.15, -0.1) is 0 Å². The minimum Gasteiger partial charge on any atom is -0.480 e. The summed E-state index contributed by atoms with van der Waals surface area (Å²) in [6.07, 6.45) is 1.99. The van der Waals surface area contributed by atoms with E-state index in [1.807, 2.05) is 27.7 Å². The maximum atomic E-state index is 12.7. The number of aliphatic hydroxyl groups is 1. The van der Waals surface area contributed by atoms with Crippen molar-refractivity contribution >= 4 is 23.7 Å². The van der Waals surface area contributed by atoms with Gasteiger partial charge < -0.3 is 37.6 Å². The summed E-state index contributed by atoms with van der Waals surface area (Å²) >= 11 is 0. The Bertz CT molecular complexity index is 613. The number of unbranched alkanes of at least 4 members (excludes halogenated alkanes) is 1.